The van der Waals surface area contributed by atoms with Gasteiger partial charge < -0.3 is 14.8 Å². The molecule has 0 saturated heterocycles. The minimum atomic E-state index is -0.0424. The van der Waals surface area contributed by atoms with Gasteiger partial charge in [0.1, 0.15) is 11.5 Å². The van der Waals surface area contributed by atoms with E-state index in [1.54, 1.807) is 14.2 Å². The van der Waals surface area contributed by atoms with E-state index >= 15 is 0 Å². The number of ether oxygens (including phenoxy) is 2. The SMILES string of the molecule is CCc1ccc(NC(=O)CN(C)Cc2ccc(OC)cc2OC)cc1. The van der Waals surface area contributed by atoms with Crippen LogP contribution in [0.15, 0.2) is 42.5 Å². The lowest BCUT2D eigenvalue weighted by Gasteiger charge is -2.18. The number of likely N-dealkylation sites (N-methyl/N-ethyl adjacent to an activating group) is 1. The predicted molar refractivity (Wildman–Crippen MR) is 100 cm³/mol. The quantitative estimate of drug-likeness (QED) is 0.799. The molecule has 0 heterocycles. The first-order valence-electron chi connectivity index (χ1n) is 8.34. The van der Waals surface area contributed by atoms with Crippen molar-refractivity contribution < 1.29 is 14.3 Å². The Bertz CT molecular complexity index is 699. The van der Waals surface area contributed by atoms with Gasteiger partial charge in [0.25, 0.3) is 0 Å². The van der Waals surface area contributed by atoms with Gasteiger partial charge in [0.2, 0.25) is 5.91 Å². The summed E-state index contributed by atoms with van der Waals surface area (Å²) < 4.78 is 10.6. The number of rotatable bonds is 8. The van der Waals surface area contributed by atoms with Crippen LogP contribution < -0.4 is 14.8 Å². The van der Waals surface area contributed by atoms with Crippen LogP contribution in [0.2, 0.25) is 0 Å². The van der Waals surface area contributed by atoms with Crippen molar-refractivity contribution >= 4 is 11.6 Å². The van der Waals surface area contributed by atoms with Crippen LogP contribution >= 0.6 is 0 Å². The smallest absolute Gasteiger partial charge is 0.238 e. The van der Waals surface area contributed by atoms with Gasteiger partial charge in [-0.15, -0.1) is 0 Å². The summed E-state index contributed by atoms with van der Waals surface area (Å²) in [6, 6.07) is 13.6. The van der Waals surface area contributed by atoms with E-state index < -0.39 is 0 Å². The van der Waals surface area contributed by atoms with E-state index in [0.717, 1.165) is 29.2 Å². The molecule has 5 heteroatoms. The molecule has 0 aliphatic heterocycles. The van der Waals surface area contributed by atoms with Gasteiger partial charge in [0, 0.05) is 23.9 Å². The standard InChI is InChI=1S/C20H26N2O3/c1-5-15-6-9-17(10-7-15)21-20(23)14-22(2)13-16-8-11-18(24-3)12-19(16)25-4/h6-12H,5,13-14H2,1-4H3,(H,21,23). The Morgan fingerprint density at radius 1 is 1.08 bits per heavy atom. The Morgan fingerprint density at radius 3 is 2.40 bits per heavy atom. The predicted octanol–water partition coefficient (Wildman–Crippen LogP) is 3.34. The first-order valence-corrected chi connectivity index (χ1v) is 8.34. The first kappa shape index (κ1) is 18.8. The highest BCUT2D eigenvalue weighted by atomic mass is 16.5. The van der Waals surface area contributed by atoms with Crippen molar-refractivity contribution in [1.82, 2.24) is 4.90 Å². The Labute approximate surface area is 149 Å². The minimum absolute atomic E-state index is 0.0424. The van der Waals surface area contributed by atoms with Crippen LogP contribution in [0.3, 0.4) is 0 Å². The van der Waals surface area contributed by atoms with E-state index in [0.29, 0.717) is 13.1 Å². The number of carbonyl (C=O) groups excluding carboxylic acids is 1. The summed E-state index contributed by atoms with van der Waals surface area (Å²) in [5.74, 6) is 1.46. The number of anilines is 1. The highest BCUT2D eigenvalue weighted by Gasteiger charge is 2.11. The molecular formula is C20H26N2O3. The van der Waals surface area contributed by atoms with Gasteiger partial charge >= 0.3 is 0 Å². The third-order valence-corrected chi connectivity index (χ3v) is 3.99. The van der Waals surface area contributed by atoms with E-state index in [4.69, 9.17) is 9.47 Å². The maximum absolute atomic E-state index is 12.2. The lowest BCUT2D eigenvalue weighted by atomic mass is 10.1. The van der Waals surface area contributed by atoms with E-state index in [-0.39, 0.29) is 5.91 Å². The maximum Gasteiger partial charge on any atom is 0.238 e. The van der Waals surface area contributed by atoms with E-state index in [2.05, 4.69) is 12.2 Å². The van der Waals surface area contributed by atoms with Gasteiger partial charge in [-0.05, 0) is 37.2 Å². The van der Waals surface area contributed by atoms with E-state index in [1.807, 2.05) is 54.4 Å². The first-order chi connectivity index (χ1) is 12.0. The Hall–Kier alpha value is -2.53. The second-order valence-electron chi connectivity index (χ2n) is 5.95. The summed E-state index contributed by atoms with van der Waals surface area (Å²) >= 11 is 0. The largest absolute Gasteiger partial charge is 0.497 e. The van der Waals surface area contributed by atoms with Crippen molar-refractivity contribution in [2.75, 3.05) is 33.1 Å². The number of hydrogen-bond acceptors (Lipinski definition) is 4. The van der Waals surface area contributed by atoms with Gasteiger partial charge in [-0.1, -0.05) is 25.1 Å². The molecule has 0 radical (unpaired) electrons. The number of nitrogens with zero attached hydrogens (tertiary/aromatic N) is 1. The molecule has 0 atom stereocenters. The molecule has 25 heavy (non-hydrogen) atoms. The van der Waals surface area contributed by atoms with Crippen molar-refractivity contribution in [3.05, 3.63) is 53.6 Å². The van der Waals surface area contributed by atoms with Crippen LogP contribution in [0.4, 0.5) is 5.69 Å². The number of methoxy groups -OCH3 is 2. The highest BCUT2D eigenvalue weighted by molar-refractivity contribution is 5.92. The number of nitrogens with one attached hydrogen (secondary N) is 1. The average Bonchev–Trinajstić information content (AvgIpc) is 2.62. The third kappa shape index (κ3) is 5.50. The van der Waals surface area contributed by atoms with Crippen molar-refractivity contribution in [3.8, 4) is 11.5 Å². The molecule has 134 valence electrons. The monoisotopic (exact) mass is 342 g/mol. The number of benzene rings is 2. The van der Waals surface area contributed by atoms with Crippen LogP contribution in [-0.2, 0) is 17.8 Å². The zero-order valence-corrected chi connectivity index (χ0v) is 15.3. The van der Waals surface area contributed by atoms with Crippen molar-refractivity contribution in [3.63, 3.8) is 0 Å². The van der Waals surface area contributed by atoms with Crippen molar-refractivity contribution in [1.29, 1.82) is 0 Å². The van der Waals surface area contributed by atoms with Crippen LogP contribution in [0.1, 0.15) is 18.1 Å². The maximum atomic E-state index is 12.2. The molecule has 0 bridgehead atoms. The van der Waals surface area contributed by atoms with E-state index in [1.165, 1.54) is 5.56 Å². The molecule has 0 fully saturated rings. The zero-order valence-electron chi connectivity index (χ0n) is 15.3. The molecule has 0 saturated carbocycles. The molecular weight excluding hydrogens is 316 g/mol. The third-order valence-electron chi connectivity index (χ3n) is 3.99. The molecule has 0 aromatic heterocycles. The second-order valence-corrected chi connectivity index (χ2v) is 5.95. The number of carbonyl (C=O) groups is 1. The molecule has 0 aliphatic rings. The van der Waals surface area contributed by atoms with Crippen molar-refractivity contribution in [2.45, 2.75) is 19.9 Å². The van der Waals surface area contributed by atoms with Crippen LogP contribution in [0.5, 0.6) is 11.5 Å². The zero-order chi connectivity index (χ0) is 18.2. The molecule has 2 rings (SSSR count). The van der Waals surface area contributed by atoms with Crippen LogP contribution in [0, 0.1) is 0 Å². The second kappa shape index (κ2) is 9.08. The number of hydrogen-bond donors (Lipinski definition) is 1. The molecule has 2 aromatic carbocycles. The molecule has 0 unspecified atom stereocenters. The summed E-state index contributed by atoms with van der Waals surface area (Å²) in [4.78, 5) is 14.2. The minimum Gasteiger partial charge on any atom is -0.497 e. The normalized spacial score (nSPS) is 10.6. The Balaban J connectivity index is 1.92. The van der Waals surface area contributed by atoms with Gasteiger partial charge in [-0.25, -0.2) is 0 Å². The summed E-state index contributed by atoms with van der Waals surface area (Å²) in [5, 5.41) is 2.92. The van der Waals surface area contributed by atoms with E-state index in [9.17, 15) is 4.79 Å². The van der Waals surface area contributed by atoms with Gasteiger partial charge in [-0.2, -0.15) is 0 Å². The Kier molecular flexibility index (Phi) is 6.83. The summed E-state index contributed by atoms with van der Waals surface area (Å²) in [6.07, 6.45) is 0.987. The molecule has 1 N–H and O–H groups in total. The lowest BCUT2D eigenvalue weighted by Crippen LogP contribution is -2.30. The summed E-state index contributed by atoms with van der Waals surface area (Å²) in [5.41, 5.74) is 3.07. The van der Waals surface area contributed by atoms with Crippen molar-refractivity contribution in [2.24, 2.45) is 0 Å². The Morgan fingerprint density at radius 2 is 1.80 bits per heavy atom. The van der Waals surface area contributed by atoms with Gasteiger partial charge in [0.05, 0.1) is 20.8 Å². The highest BCUT2D eigenvalue weighted by Crippen LogP contribution is 2.25. The molecule has 0 spiro atoms. The fourth-order valence-corrected chi connectivity index (χ4v) is 2.60. The molecule has 2 aromatic rings. The number of amides is 1. The van der Waals surface area contributed by atoms with Gasteiger partial charge in [0.15, 0.2) is 0 Å². The summed E-state index contributed by atoms with van der Waals surface area (Å²) in [6.45, 7) is 3.01. The van der Waals surface area contributed by atoms with Crippen LogP contribution in [0.25, 0.3) is 0 Å². The molecule has 1 amide bonds. The lowest BCUT2D eigenvalue weighted by molar-refractivity contribution is -0.117. The van der Waals surface area contributed by atoms with Gasteiger partial charge in [-0.3, -0.25) is 9.69 Å². The fraction of sp³-hybridized carbons (Fsp3) is 0.350. The number of aryl methyl sites for hydroxylation is 1. The molecule has 5 nitrogen and oxygen atoms in total. The summed E-state index contributed by atoms with van der Waals surface area (Å²) in [7, 11) is 5.16. The topological polar surface area (TPSA) is 50.8 Å². The fourth-order valence-electron chi connectivity index (χ4n) is 2.60. The average molecular weight is 342 g/mol. The van der Waals surface area contributed by atoms with Crippen LogP contribution in [-0.4, -0.2) is 38.6 Å². The molecule has 0 aliphatic carbocycles.